The van der Waals surface area contributed by atoms with Gasteiger partial charge in [0.05, 0.1) is 12.3 Å². The molecule has 1 heterocycles. The van der Waals surface area contributed by atoms with Crippen LogP contribution in [0.3, 0.4) is 0 Å². The van der Waals surface area contributed by atoms with E-state index < -0.39 is 10.0 Å². The van der Waals surface area contributed by atoms with Crippen molar-refractivity contribution in [2.45, 2.75) is 85.7 Å². The monoisotopic (exact) mass is 507 g/mol. The second-order valence-electron chi connectivity index (χ2n) is 10.1. The highest BCUT2D eigenvalue weighted by molar-refractivity contribution is 7.89. The van der Waals surface area contributed by atoms with Crippen LogP contribution in [0.1, 0.15) is 77.3 Å². The first-order valence-corrected chi connectivity index (χ1v) is 14.8. The Labute approximate surface area is 212 Å². The number of likely N-dealkylation sites (tertiary alicyclic amines) is 1. The highest BCUT2D eigenvalue weighted by Crippen LogP contribution is 2.22. The molecule has 1 aromatic rings. The molecule has 0 aromatic heterocycles. The molecule has 0 aliphatic carbocycles. The van der Waals surface area contributed by atoms with Crippen LogP contribution in [0, 0.1) is 12.8 Å². The van der Waals surface area contributed by atoms with Gasteiger partial charge in [-0.15, -0.1) is 0 Å². The Morgan fingerprint density at radius 2 is 1.74 bits per heavy atom. The summed E-state index contributed by atoms with van der Waals surface area (Å²) in [5.74, 6) is 0.412. The number of piperidine rings is 1. The van der Waals surface area contributed by atoms with Gasteiger partial charge < -0.3 is 9.80 Å². The Bertz CT molecular complexity index is 924. The lowest BCUT2D eigenvalue weighted by molar-refractivity contribution is -0.137. The molecule has 0 radical (unpaired) electrons. The molecule has 0 bridgehead atoms. The van der Waals surface area contributed by atoms with Gasteiger partial charge in [0.1, 0.15) is 0 Å². The minimum atomic E-state index is -3.50. The number of nitrogens with zero attached hydrogens (tertiary/aromatic N) is 3. The van der Waals surface area contributed by atoms with E-state index in [0.29, 0.717) is 64.2 Å². The van der Waals surface area contributed by atoms with Gasteiger partial charge in [-0.1, -0.05) is 52.0 Å². The smallest absolute Gasteiger partial charge is 0.238 e. The zero-order valence-corrected chi connectivity index (χ0v) is 23.1. The number of carbonyl (C=O) groups is 2. The van der Waals surface area contributed by atoms with Gasteiger partial charge >= 0.3 is 0 Å². The maximum Gasteiger partial charge on any atom is 0.238 e. The molecule has 1 aliphatic heterocycles. The molecule has 0 saturated carbocycles. The fourth-order valence-electron chi connectivity index (χ4n) is 4.54. The van der Waals surface area contributed by atoms with Crippen LogP contribution in [0.15, 0.2) is 24.3 Å². The van der Waals surface area contributed by atoms with Crippen LogP contribution >= 0.6 is 0 Å². The number of sulfonamides is 1. The Balaban J connectivity index is 2.25. The number of benzene rings is 1. The molecule has 198 valence electrons. The van der Waals surface area contributed by atoms with Gasteiger partial charge in [0, 0.05) is 38.6 Å². The van der Waals surface area contributed by atoms with Crippen molar-refractivity contribution in [1.82, 2.24) is 14.1 Å². The summed E-state index contributed by atoms with van der Waals surface area (Å²) in [4.78, 5) is 29.9. The quantitative estimate of drug-likeness (QED) is 0.401. The van der Waals surface area contributed by atoms with E-state index in [1.165, 1.54) is 4.31 Å². The third-order valence-corrected chi connectivity index (χ3v) is 8.79. The van der Waals surface area contributed by atoms with Crippen molar-refractivity contribution in [3.05, 3.63) is 35.4 Å². The van der Waals surface area contributed by atoms with E-state index in [9.17, 15) is 18.0 Å². The van der Waals surface area contributed by atoms with Gasteiger partial charge in [-0.05, 0) is 56.1 Å². The molecular formula is C27H45N3O4S. The first kappa shape index (κ1) is 29.3. The average molecular weight is 508 g/mol. The van der Waals surface area contributed by atoms with Crippen LogP contribution in [0.5, 0.6) is 0 Å². The lowest BCUT2D eigenvalue weighted by atomic mass is 10.0. The van der Waals surface area contributed by atoms with Gasteiger partial charge in [-0.25, -0.2) is 8.42 Å². The second-order valence-corrected chi connectivity index (χ2v) is 12.2. The summed E-state index contributed by atoms with van der Waals surface area (Å²) in [7, 11) is -3.50. The Morgan fingerprint density at radius 3 is 2.31 bits per heavy atom. The molecular weight excluding hydrogens is 462 g/mol. The van der Waals surface area contributed by atoms with Crippen molar-refractivity contribution < 1.29 is 18.0 Å². The molecule has 8 heteroatoms. The topological polar surface area (TPSA) is 78.0 Å². The lowest BCUT2D eigenvalue weighted by Gasteiger charge is -2.39. The summed E-state index contributed by atoms with van der Waals surface area (Å²) in [5.41, 5.74) is 2.17. The molecule has 35 heavy (non-hydrogen) atoms. The van der Waals surface area contributed by atoms with Crippen molar-refractivity contribution >= 4 is 21.8 Å². The summed E-state index contributed by atoms with van der Waals surface area (Å²) >= 11 is 0. The van der Waals surface area contributed by atoms with Gasteiger partial charge in [0.2, 0.25) is 21.8 Å². The zero-order valence-electron chi connectivity index (χ0n) is 22.3. The maximum atomic E-state index is 13.7. The first-order valence-electron chi connectivity index (χ1n) is 13.2. The van der Waals surface area contributed by atoms with Crippen molar-refractivity contribution in [2.75, 3.05) is 31.9 Å². The van der Waals surface area contributed by atoms with Gasteiger partial charge in [0.25, 0.3) is 0 Å². The Hall–Kier alpha value is -1.93. The predicted molar refractivity (Wildman–Crippen MR) is 141 cm³/mol. The van der Waals surface area contributed by atoms with E-state index >= 15 is 0 Å². The summed E-state index contributed by atoms with van der Waals surface area (Å²) in [6.07, 6.45) is 4.03. The molecule has 1 aromatic carbocycles. The van der Waals surface area contributed by atoms with Crippen LogP contribution in [-0.4, -0.2) is 72.3 Å². The normalized spacial score (nSPS) is 15.1. The SMILES string of the molecule is CCCC(=O)N1CCC(N(Cc2ccccc2C)C(=O)CN(CCC(C)C)S(=O)(=O)CCC)CC1. The summed E-state index contributed by atoms with van der Waals surface area (Å²) < 4.78 is 27.4. The van der Waals surface area contributed by atoms with Gasteiger partial charge in [-0.3, -0.25) is 9.59 Å². The zero-order chi connectivity index (χ0) is 26.0. The van der Waals surface area contributed by atoms with E-state index in [2.05, 4.69) is 13.8 Å². The van der Waals surface area contributed by atoms with Crippen LogP contribution in [0.25, 0.3) is 0 Å². The third kappa shape index (κ3) is 8.90. The number of rotatable bonds is 13. The number of aryl methyl sites for hydroxylation is 1. The summed E-state index contributed by atoms with van der Waals surface area (Å²) in [6, 6.07) is 7.99. The highest BCUT2D eigenvalue weighted by atomic mass is 32.2. The van der Waals surface area contributed by atoms with E-state index in [4.69, 9.17) is 0 Å². The molecule has 0 N–H and O–H groups in total. The van der Waals surface area contributed by atoms with Crippen molar-refractivity contribution in [3.8, 4) is 0 Å². The number of hydrogen-bond donors (Lipinski definition) is 0. The number of amides is 2. The third-order valence-electron chi connectivity index (χ3n) is 6.77. The average Bonchev–Trinajstić information content (AvgIpc) is 2.81. The van der Waals surface area contributed by atoms with Crippen LogP contribution in [0.4, 0.5) is 0 Å². The van der Waals surface area contributed by atoms with E-state index in [-0.39, 0.29) is 30.2 Å². The molecule has 0 atom stereocenters. The fourth-order valence-corrected chi connectivity index (χ4v) is 6.00. The standard InChI is InChI=1S/C27H45N3O4S/c1-6-10-26(31)28-16-14-25(15-17-28)30(20-24-12-9-8-11-23(24)5)27(32)21-29(18-13-22(3)4)35(33,34)19-7-2/h8-9,11-12,22,25H,6-7,10,13-21H2,1-5H3. The van der Waals surface area contributed by atoms with Crippen LogP contribution in [-0.2, 0) is 26.2 Å². The fraction of sp³-hybridized carbons (Fsp3) is 0.704. The minimum absolute atomic E-state index is 0.0198. The largest absolute Gasteiger partial charge is 0.343 e. The van der Waals surface area contributed by atoms with E-state index in [1.807, 2.05) is 54.8 Å². The molecule has 2 rings (SSSR count). The number of hydrogen-bond acceptors (Lipinski definition) is 4. The minimum Gasteiger partial charge on any atom is -0.343 e. The molecule has 1 aliphatic rings. The van der Waals surface area contributed by atoms with E-state index in [0.717, 1.165) is 17.5 Å². The molecule has 7 nitrogen and oxygen atoms in total. The van der Waals surface area contributed by atoms with Crippen LogP contribution in [0.2, 0.25) is 0 Å². The molecule has 0 spiro atoms. The predicted octanol–water partition coefficient (Wildman–Crippen LogP) is 4.20. The van der Waals surface area contributed by atoms with Crippen molar-refractivity contribution in [3.63, 3.8) is 0 Å². The van der Waals surface area contributed by atoms with E-state index in [1.54, 1.807) is 0 Å². The lowest BCUT2D eigenvalue weighted by Crippen LogP contribution is -2.51. The van der Waals surface area contributed by atoms with Crippen molar-refractivity contribution in [2.24, 2.45) is 5.92 Å². The summed E-state index contributed by atoms with van der Waals surface area (Å²) in [5, 5.41) is 0. The highest BCUT2D eigenvalue weighted by Gasteiger charge is 2.32. The molecule has 2 amide bonds. The second kappa shape index (κ2) is 14.0. The molecule has 1 fully saturated rings. The van der Waals surface area contributed by atoms with Gasteiger partial charge in [-0.2, -0.15) is 4.31 Å². The van der Waals surface area contributed by atoms with Crippen molar-refractivity contribution in [1.29, 1.82) is 0 Å². The molecule has 1 saturated heterocycles. The Morgan fingerprint density at radius 1 is 1.09 bits per heavy atom. The van der Waals surface area contributed by atoms with Gasteiger partial charge in [0.15, 0.2) is 0 Å². The first-order chi connectivity index (χ1) is 16.6. The maximum absolute atomic E-state index is 13.7. The molecule has 0 unspecified atom stereocenters. The number of carbonyl (C=O) groups excluding carboxylic acids is 2. The summed E-state index contributed by atoms with van der Waals surface area (Å²) in [6.45, 7) is 11.9. The van der Waals surface area contributed by atoms with Crippen LogP contribution < -0.4 is 0 Å². The Kier molecular flexibility index (Phi) is 11.7.